The van der Waals surface area contributed by atoms with Crippen molar-refractivity contribution in [1.29, 1.82) is 0 Å². The first-order chi connectivity index (χ1) is 11.2. The first-order valence-electron chi connectivity index (χ1n) is 8.68. The molecule has 1 heterocycles. The van der Waals surface area contributed by atoms with Gasteiger partial charge in [0.25, 0.3) is 0 Å². The summed E-state index contributed by atoms with van der Waals surface area (Å²) in [6.45, 7) is -0.0229. The van der Waals surface area contributed by atoms with Crippen molar-refractivity contribution < 1.29 is 9.90 Å². The molecule has 0 saturated heterocycles. The molecule has 4 nitrogen and oxygen atoms in total. The number of hydrogen-bond donors (Lipinski definition) is 3. The normalized spacial score (nSPS) is 23.3. The topological polar surface area (TPSA) is 65.1 Å². The summed E-state index contributed by atoms with van der Waals surface area (Å²) in [5, 5.41) is 13.9. The first-order valence-corrected chi connectivity index (χ1v) is 8.68. The predicted molar refractivity (Wildman–Crippen MR) is 90.0 cm³/mol. The van der Waals surface area contributed by atoms with Crippen LogP contribution < -0.4 is 5.32 Å². The Balaban J connectivity index is 1.42. The highest BCUT2D eigenvalue weighted by atomic mass is 16.3. The minimum Gasteiger partial charge on any atom is -0.394 e. The molecule has 1 amide bonds. The van der Waals surface area contributed by atoms with E-state index in [1.165, 1.54) is 31.1 Å². The van der Waals surface area contributed by atoms with Gasteiger partial charge in [-0.1, -0.05) is 31.0 Å². The third-order valence-electron chi connectivity index (χ3n) is 5.81. The molecule has 2 fully saturated rings. The zero-order valence-electron chi connectivity index (χ0n) is 13.3. The van der Waals surface area contributed by atoms with Gasteiger partial charge in [0.1, 0.15) is 0 Å². The van der Waals surface area contributed by atoms with Crippen LogP contribution in [0.3, 0.4) is 0 Å². The number of amides is 1. The monoisotopic (exact) mass is 312 g/mol. The Kier molecular flexibility index (Phi) is 3.64. The minimum absolute atomic E-state index is 0.0229. The molecule has 2 aromatic rings. The number of para-hydroxylation sites is 1. The SMILES string of the molecule is O=C(NC(CO)Cc1c[nH]c2ccccc12)C1CC12CCCC2. The molecule has 4 rings (SSSR count). The molecule has 23 heavy (non-hydrogen) atoms. The Labute approximate surface area is 136 Å². The molecule has 0 bridgehead atoms. The van der Waals surface area contributed by atoms with E-state index in [-0.39, 0.29) is 24.5 Å². The van der Waals surface area contributed by atoms with E-state index in [1.807, 2.05) is 24.4 Å². The maximum atomic E-state index is 12.5. The highest BCUT2D eigenvalue weighted by molar-refractivity contribution is 5.84. The lowest BCUT2D eigenvalue weighted by atomic mass is 10.0. The number of nitrogens with one attached hydrogen (secondary N) is 2. The van der Waals surface area contributed by atoms with Crippen molar-refractivity contribution in [2.75, 3.05) is 6.61 Å². The summed E-state index contributed by atoms with van der Waals surface area (Å²) >= 11 is 0. The number of H-pyrrole nitrogens is 1. The number of rotatable bonds is 5. The maximum Gasteiger partial charge on any atom is 0.223 e. The highest BCUT2D eigenvalue weighted by Crippen LogP contribution is 2.62. The van der Waals surface area contributed by atoms with E-state index in [9.17, 15) is 9.90 Å². The molecule has 3 N–H and O–H groups in total. The largest absolute Gasteiger partial charge is 0.394 e. The molecule has 1 aromatic carbocycles. The van der Waals surface area contributed by atoms with Gasteiger partial charge in [-0.05, 0) is 42.7 Å². The van der Waals surface area contributed by atoms with Crippen molar-refractivity contribution in [2.45, 2.75) is 44.6 Å². The number of aromatic nitrogens is 1. The molecule has 0 aliphatic heterocycles. The number of aliphatic hydroxyl groups is 1. The lowest BCUT2D eigenvalue weighted by molar-refractivity contribution is -0.124. The van der Waals surface area contributed by atoms with Crippen LogP contribution in [0.1, 0.15) is 37.7 Å². The molecule has 2 aliphatic carbocycles. The van der Waals surface area contributed by atoms with Gasteiger partial charge in [0.05, 0.1) is 12.6 Å². The van der Waals surface area contributed by atoms with Crippen LogP contribution >= 0.6 is 0 Å². The summed E-state index contributed by atoms with van der Waals surface area (Å²) in [4.78, 5) is 15.7. The third-order valence-corrected chi connectivity index (χ3v) is 5.81. The van der Waals surface area contributed by atoms with Crippen LogP contribution in [-0.2, 0) is 11.2 Å². The van der Waals surface area contributed by atoms with Gasteiger partial charge in [-0.15, -0.1) is 0 Å². The average molecular weight is 312 g/mol. The lowest BCUT2D eigenvalue weighted by Crippen LogP contribution is -2.40. The van der Waals surface area contributed by atoms with Crippen molar-refractivity contribution in [3.8, 4) is 0 Å². The Bertz CT molecular complexity index is 715. The average Bonchev–Trinajstić information content (AvgIpc) is 2.90. The molecular formula is C19H24N2O2. The second-order valence-corrected chi connectivity index (χ2v) is 7.28. The van der Waals surface area contributed by atoms with Crippen LogP contribution in [0.2, 0.25) is 0 Å². The summed E-state index contributed by atoms with van der Waals surface area (Å²) in [5.74, 6) is 0.327. The molecule has 1 aromatic heterocycles. The highest BCUT2D eigenvalue weighted by Gasteiger charge is 2.58. The van der Waals surface area contributed by atoms with Gasteiger partial charge in [0.15, 0.2) is 0 Å². The van der Waals surface area contributed by atoms with Crippen molar-refractivity contribution >= 4 is 16.8 Å². The second-order valence-electron chi connectivity index (χ2n) is 7.28. The number of fused-ring (bicyclic) bond motifs is 1. The summed E-state index contributed by atoms with van der Waals surface area (Å²) in [6.07, 6.45) is 8.63. The number of carbonyl (C=O) groups is 1. The molecule has 2 aliphatic rings. The molecule has 0 radical (unpaired) electrons. The standard InChI is InChI=1S/C19H24N2O2/c22-12-14(9-13-11-20-17-6-2-1-5-15(13)17)21-18(23)16-10-19(16)7-3-4-8-19/h1-2,5-6,11,14,16,20,22H,3-4,7-10,12H2,(H,21,23). The summed E-state index contributed by atoms with van der Waals surface area (Å²) < 4.78 is 0. The van der Waals surface area contributed by atoms with Crippen LogP contribution in [0, 0.1) is 11.3 Å². The fraction of sp³-hybridized carbons (Fsp3) is 0.526. The molecule has 2 atom stereocenters. The van der Waals surface area contributed by atoms with E-state index >= 15 is 0 Å². The van der Waals surface area contributed by atoms with Gasteiger partial charge in [0, 0.05) is 23.0 Å². The Morgan fingerprint density at radius 1 is 1.35 bits per heavy atom. The summed E-state index contributed by atoms with van der Waals surface area (Å²) in [5.41, 5.74) is 2.55. The number of benzene rings is 1. The van der Waals surface area contributed by atoms with E-state index in [0.29, 0.717) is 11.8 Å². The zero-order valence-corrected chi connectivity index (χ0v) is 13.3. The minimum atomic E-state index is -0.208. The summed E-state index contributed by atoms with van der Waals surface area (Å²) in [6, 6.07) is 7.92. The number of hydrogen-bond acceptors (Lipinski definition) is 2. The molecule has 4 heteroatoms. The van der Waals surface area contributed by atoms with E-state index < -0.39 is 0 Å². The van der Waals surface area contributed by atoms with Crippen molar-refractivity contribution in [3.63, 3.8) is 0 Å². The van der Waals surface area contributed by atoms with Gasteiger partial charge in [-0.3, -0.25) is 4.79 Å². The van der Waals surface area contributed by atoms with E-state index in [4.69, 9.17) is 0 Å². The quantitative estimate of drug-likeness (QED) is 0.795. The van der Waals surface area contributed by atoms with Gasteiger partial charge in [-0.2, -0.15) is 0 Å². The van der Waals surface area contributed by atoms with Gasteiger partial charge in [0.2, 0.25) is 5.91 Å². The van der Waals surface area contributed by atoms with Crippen LogP contribution in [0.15, 0.2) is 30.5 Å². The predicted octanol–water partition coefficient (Wildman–Crippen LogP) is 2.77. The fourth-order valence-electron chi connectivity index (χ4n) is 4.38. The van der Waals surface area contributed by atoms with E-state index in [1.54, 1.807) is 0 Å². The third kappa shape index (κ3) is 2.65. The summed E-state index contributed by atoms with van der Waals surface area (Å²) in [7, 11) is 0. The molecule has 2 unspecified atom stereocenters. The van der Waals surface area contributed by atoms with Crippen LogP contribution in [0.25, 0.3) is 10.9 Å². The maximum absolute atomic E-state index is 12.5. The van der Waals surface area contributed by atoms with Crippen LogP contribution in [0.4, 0.5) is 0 Å². The van der Waals surface area contributed by atoms with Gasteiger partial charge in [-0.25, -0.2) is 0 Å². The van der Waals surface area contributed by atoms with E-state index in [0.717, 1.165) is 17.5 Å². The zero-order chi connectivity index (χ0) is 15.9. The van der Waals surface area contributed by atoms with Crippen molar-refractivity contribution in [1.82, 2.24) is 10.3 Å². The Hall–Kier alpha value is -1.81. The van der Waals surface area contributed by atoms with Crippen molar-refractivity contribution in [2.24, 2.45) is 11.3 Å². The lowest BCUT2D eigenvalue weighted by Gasteiger charge is -2.17. The van der Waals surface area contributed by atoms with Gasteiger partial charge >= 0.3 is 0 Å². The van der Waals surface area contributed by atoms with Crippen molar-refractivity contribution in [3.05, 3.63) is 36.0 Å². The smallest absolute Gasteiger partial charge is 0.223 e. The number of carbonyl (C=O) groups excluding carboxylic acids is 1. The first kappa shape index (κ1) is 14.8. The number of aromatic amines is 1. The second kappa shape index (κ2) is 5.68. The molecular weight excluding hydrogens is 288 g/mol. The van der Waals surface area contributed by atoms with Crippen LogP contribution in [0.5, 0.6) is 0 Å². The molecule has 122 valence electrons. The fourth-order valence-corrected chi connectivity index (χ4v) is 4.38. The molecule has 1 spiro atoms. The number of aliphatic hydroxyl groups excluding tert-OH is 1. The van der Waals surface area contributed by atoms with Crippen LogP contribution in [-0.4, -0.2) is 28.6 Å². The Morgan fingerprint density at radius 3 is 2.91 bits per heavy atom. The Morgan fingerprint density at radius 2 is 2.13 bits per heavy atom. The van der Waals surface area contributed by atoms with E-state index in [2.05, 4.69) is 16.4 Å². The molecule has 2 saturated carbocycles. The van der Waals surface area contributed by atoms with Gasteiger partial charge < -0.3 is 15.4 Å².